The predicted molar refractivity (Wildman–Crippen MR) is 107 cm³/mol. The number of hydrogen-bond donors (Lipinski definition) is 0. The second kappa shape index (κ2) is 8.89. The monoisotopic (exact) mass is 398 g/mol. The number of hydrogen-bond acceptors (Lipinski definition) is 5. The Morgan fingerprint density at radius 2 is 1.81 bits per heavy atom. The van der Waals surface area contributed by atoms with Crippen molar-refractivity contribution in [2.24, 2.45) is 5.41 Å². The van der Waals surface area contributed by atoms with Crippen LogP contribution in [0.25, 0.3) is 0 Å². The third kappa shape index (κ3) is 5.11. The smallest absolute Gasteiger partial charge is 0.297 e. The fourth-order valence-corrected chi connectivity index (χ4v) is 5.98. The summed E-state index contributed by atoms with van der Waals surface area (Å²) in [5.74, 6) is 1.01. The summed E-state index contributed by atoms with van der Waals surface area (Å²) in [6, 6.07) is 6.62. The SMILES string of the molecule is CCCCCCS[C@H]1CC(=O)C(C)(C)[C@H]1OS(=O)(=O)c1ccc(C)cc1. The highest BCUT2D eigenvalue weighted by molar-refractivity contribution is 8.00. The van der Waals surface area contributed by atoms with E-state index in [0.717, 1.165) is 17.7 Å². The van der Waals surface area contributed by atoms with Gasteiger partial charge >= 0.3 is 0 Å². The van der Waals surface area contributed by atoms with Crippen molar-refractivity contribution in [1.82, 2.24) is 0 Å². The molecule has 26 heavy (non-hydrogen) atoms. The lowest BCUT2D eigenvalue weighted by atomic mass is 9.88. The van der Waals surface area contributed by atoms with Gasteiger partial charge in [-0.1, -0.05) is 57.7 Å². The maximum atomic E-state index is 12.7. The summed E-state index contributed by atoms with van der Waals surface area (Å²) in [5.41, 5.74) is 0.194. The van der Waals surface area contributed by atoms with E-state index in [1.54, 1.807) is 49.9 Å². The molecule has 1 saturated carbocycles. The van der Waals surface area contributed by atoms with Crippen LogP contribution < -0.4 is 0 Å². The third-order valence-electron chi connectivity index (χ3n) is 5.02. The van der Waals surface area contributed by atoms with Gasteiger partial charge < -0.3 is 0 Å². The van der Waals surface area contributed by atoms with Crippen molar-refractivity contribution in [2.45, 2.75) is 76.0 Å². The highest BCUT2D eigenvalue weighted by Crippen LogP contribution is 2.43. The zero-order chi connectivity index (χ0) is 19.4. The molecule has 4 nitrogen and oxygen atoms in total. The first-order valence-corrected chi connectivity index (χ1v) is 11.8. The van der Waals surface area contributed by atoms with E-state index in [2.05, 4.69) is 6.92 Å². The quantitative estimate of drug-likeness (QED) is 0.444. The van der Waals surface area contributed by atoms with Gasteiger partial charge in [-0.15, -0.1) is 0 Å². The highest BCUT2D eigenvalue weighted by atomic mass is 32.2. The van der Waals surface area contributed by atoms with Crippen LogP contribution in [-0.2, 0) is 19.1 Å². The van der Waals surface area contributed by atoms with E-state index < -0.39 is 21.6 Å². The summed E-state index contributed by atoms with van der Waals surface area (Å²) in [6.45, 7) is 7.66. The Kier molecular flexibility index (Phi) is 7.34. The van der Waals surface area contributed by atoms with Gasteiger partial charge in [-0.05, 0) is 31.2 Å². The Labute approximate surface area is 162 Å². The molecular weight excluding hydrogens is 368 g/mol. The minimum absolute atomic E-state index is 0.0765. The summed E-state index contributed by atoms with van der Waals surface area (Å²) < 4.78 is 31.1. The fraction of sp³-hybridized carbons (Fsp3) is 0.650. The van der Waals surface area contributed by atoms with Crippen molar-refractivity contribution < 1.29 is 17.4 Å². The van der Waals surface area contributed by atoms with E-state index in [1.807, 2.05) is 6.92 Å². The molecule has 1 aliphatic rings. The lowest BCUT2D eigenvalue weighted by Gasteiger charge is -2.28. The molecule has 0 spiro atoms. The number of carbonyl (C=O) groups excluding carboxylic acids is 1. The molecule has 0 N–H and O–H groups in total. The van der Waals surface area contributed by atoms with E-state index in [1.165, 1.54) is 19.3 Å². The topological polar surface area (TPSA) is 60.4 Å². The Morgan fingerprint density at radius 1 is 1.15 bits per heavy atom. The number of carbonyl (C=O) groups is 1. The molecule has 1 aromatic rings. The summed E-state index contributed by atoms with van der Waals surface area (Å²) in [4.78, 5) is 12.6. The van der Waals surface area contributed by atoms with Crippen LogP contribution in [0.5, 0.6) is 0 Å². The van der Waals surface area contributed by atoms with Gasteiger partial charge in [0.05, 0.1) is 10.3 Å². The molecular formula is C20H30O4S2. The fourth-order valence-electron chi connectivity index (χ4n) is 3.17. The van der Waals surface area contributed by atoms with Crippen molar-refractivity contribution in [2.75, 3.05) is 5.75 Å². The van der Waals surface area contributed by atoms with Crippen LogP contribution in [0, 0.1) is 12.3 Å². The van der Waals surface area contributed by atoms with E-state index in [4.69, 9.17) is 4.18 Å². The van der Waals surface area contributed by atoms with Crippen LogP contribution in [0.15, 0.2) is 29.2 Å². The molecule has 0 aliphatic heterocycles. The summed E-state index contributed by atoms with van der Waals surface area (Å²) in [5, 5.41) is -0.112. The van der Waals surface area contributed by atoms with Gasteiger partial charge in [0.15, 0.2) is 0 Å². The Morgan fingerprint density at radius 3 is 2.42 bits per heavy atom. The number of aryl methyl sites for hydroxylation is 1. The number of Topliss-reactive ketones (excluding diaryl/α,β-unsaturated/α-hetero) is 1. The first-order valence-electron chi connectivity index (χ1n) is 9.33. The second-order valence-electron chi connectivity index (χ2n) is 7.60. The Bertz CT molecular complexity index is 708. The standard InChI is InChI=1S/C20H30O4S2/c1-5-6-7-8-13-25-17-14-18(21)20(3,4)19(17)24-26(22,23)16-11-9-15(2)10-12-16/h9-12,17,19H,5-8,13-14H2,1-4H3/t17-,19-/m0/s1. The molecule has 0 bridgehead atoms. The zero-order valence-corrected chi connectivity index (χ0v) is 17.8. The highest BCUT2D eigenvalue weighted by Gasteiger charge is 2.51. The van der Waals surface area contributed by atoms with Gasteiger partial charge in [0.25, 0.3) is 10.1 Å². The van der Waals surface area contributed by atoms with Crippen LogP contribution in [0.3, 0.4) is 0 Å². The van der Waals surface area contributed by atoms with Gasteiger partial charge in [-0.2, -0.15) is 20.2 Å². The van der Waals surface area contributed by atoms with Crippen LogP contribution >= 0.6 is 11.8 Å². The molecule has 0 heterocycles. The third-order valence-corrected chi connectivity index (χ3v) is 7.70. The minimum Gasteiger partial charge on any atom is -0.299 e. The van der Waals surface area contributed by atoms with Gasteiger partial charge in [0.2, 0.25) is 0 Å². The summed E-state index contributed by atoms with van der Waals surface area (Å²) in [7, 11) is -3.89. The summed E-state index contributed by atoms with van der Waals surface area (Å²) in [6.07, 6.45) is 4.39. The van der Waals surface area contributed by atoms with E-state index >= 15 is 0 Å². The number of unbranched alkanes of at least 4 members (excludes halogenated alkanes) is 3. The molecule has 1 aromatic carbocycles. The molecule has 146 valence electrons. The van der Waals surface area contributed by atoms with Crippen LogP contribution in [0.4, 0.5) is 0 Å². The van der Waals surface area contributed by atoms with Crippen molar-refractivity contribution in [3.63, 3.8) is 0 Å². The maximum absolute atomic E-state index is 12.7. The average molecular weight is 399 g/mol. The zero-order valence-electron chi connectivity index (χ0n) is 16.2. The van der Waals surface area contributed by atoms with Gasteiger partial charge in [-0.3, -0.25) is 8.98 Å². The molecule has 6 heteroatoms. The molecule has 2 rings (SSSR count). The van der Waals surface area contributed by atoms with Crippen molar-refractivity contribution >= 4 is 27.7 Å². The predicted octanol–water partition coefficient (Wildman–Crippen LogP) is 4.75. The van der Waals surface area contributed by atoms with E-state index in [-0.39, 0.29) is 15.9 Å². The number of benzene rings is 1. The minimum atomic E-state index is -3.89. The molecule has 0 unspecified atom stereocenters. The van der Waals surface area contributed by atoms with Crippen molar-refractivity contribution in [3.05, 3.63) is 29.8 Å². The Hall–Kier alpha value is -0.850. The Balaban J connectivity index is 2.11. The lowest BCUT2D eigenvalue weighted by Crippen LogP contribution is -2.37. The molecule has 0 amide bonds. The van der Waals surface area contributed by atoms with Crippen LogP contribution in [-0.4, -0.2) is 31.3 Å². The van der Waals surface area contributed by atoms with Gasteiger partial charge in [0.1, 0.15) is 11.9 Å². The number of ketones is 1. The number of thioether (sulfide) groups is 1. The second-order valence-corrected chi connectivity index (χ2v) is 10.5. The van der Waals surface area contributed by atoms with Crippen molar-refractivity contribution in [1.29, 1.82) is 0 Å². The molecule has 2 atom stereocenters. The maximum Gasteiger partial charge on any atom is 0.297 e. The van der Waals surface area contributed by atoms with Crippen LogP contribution in [0.1, 0.15) is 58.4 Å². The molecule has 1 fully saturated rings. The lowest BCUT2D eigenvalue weighted by molar-refractivity contribution is -0.126. The molecule has 1 aliphatic carbocycles. The molecule has 0 aromatic heterocycles. The van der Waals surface area contributed by atoms with Gasteiger partial charge in [-0.25, -0.2) is 0 Å². The van der Waals surface area contributed by atoms with E-state index in [0.29, 0.717) is 6.42 Å². The normalized spacial score (nSPS) is 22.7. The van der Waals surface area contributed by atoms with E-state index in [9.17, 15) is 13.2 Å². The molecule has 0 saturated heterocycles. The number of rotatable bonds is 9. The average Bonchev–Trinajstić information content (AvgIpc) is 2.78. The first-order chi connectivity index (χ1) is 12.2. The summed E-state index contributed by atoms with van der Waals surface area (Å²) >= 11 is 1.68. The first kappa shape index (κ1) is 21.5. The van der Waals surface area contributed by atoms with Gasteiger partial charge in [0, 0.05) is 11.7 Å². The van der Waals surface area contributed by atoms with Crippen LogP contribution in [0.2, 0.25) is 0 Å². The van der Waals surface area contributed by atoms with Crippen molar-refractivity contribution in [3.8, 4) is 0 Å². The largest absolute Gasteiger partial charge is 0.299 e. The molecule has 0 radical (unpaired) electrons.